The van der Waals surface area contributed by atoms with E-state index in [-0.39, 0.29) is 17.2 Å². The molecule has 7 heteroatoms. The molecule has 0 radical (unpaired) electrons. The number of ether oxygens (including phenoxy) is 1. The molecule has 3 aromatic rings. The molecule has 1 atom stereocenters. The van der Waals surface area contributed by atoms with E-state index in [0.717, 1.165) is 23.1 Å². The third-order valence-electron chi connectivity index (χ3n) is 5.84. The third kappa shape index (κ3) is 5.11. The van der Waals surface area contributed by atoms with Crippen LogP contribution in [-0.4, -0.2) is 43.7 Å². The average molecular weight is 499 g/mol. The Hall–Kier alpha value is -2.48. The van der Waals surface area contributed by atoms with Crippen molar-refractivity contribution in [2.75, 3.05) is 32.8 Å². The van der Waals surface area contributed by atoms with E-state index in [4.69, 9.17) is 9.15 Å². The molecule has 0 bridgehead atoms. The number of hydrogen-bond donors (Lipinski definition) is 1. The number of amides is 1. The van der Waals surface area contributed by atoms with Gasteiger partial charge in [0.05, 0.1) is 24.6 Å². The summed E-state index contributed by atoms with van der Waals surface area (Å²) in [4.78, 5) is 27.7. The van der Waals surface area contributed by atoms with Crippen LogP contribution in [0.3, 0.4) is 0 Å². The molecule has 0 aliphatic carbocycles. The van der Waals surface area contributed by atoms with Crippen molar-refractivity contribution in [1.29, 1.82) is 0 Å². The van der Waals surface area contributed by atoms with E-state index in [9.17, 15) is 9.59 Å². The van der Waals surface area contributed by atoms with Gasteiger partial charge in [-0.1, -0.05) is 54.0 Å². The largest absolute Gasteiger partial charge is 0.451 e. The fourth-order valence-electron chi connectivity index (χ4n) is 3.97. The fraction of sp³-hybridized carbons (Fsp3) is 0.360. The number of hydrogen-bond acceptors (Lipinski definition) is 5. The zero-order valence-electron chi connectivity index (χ0n) is 18.3. The maximum atomic E-state index is 12.9. The highest BCUT2D eigenvalue weighted by Crippen LogP contribution is 2.24. The van der Waals surface area contributed by atoms with Crippen LogP contribution in [0.1, 0.15) is 47.5 Å². The Bertz CT molecular complexity index is 1150. The van der Waals surface area contributed by atoms with Gasteiger partial charge >= 0.3 is 0 Å². The second-order valence-electron chi connectivity index (χ2n) is 8.31. The van der Waals surface area contributed by atoms with Crippen LogP contribution < -0.4 is 10.7 Å². The molecule has 1 aliphatic rings. The Labute approximate surface area is 195 Å². The quantitative estimate of drug-likeness (QED) is 0.542. The Morgan fingerprint density at radius 1 is 1.06 bits per heavy atom. The van der Waals surface area contributed by atoms with Gasteiger partial charge in [-0.25, -0.2) is 0 Å². The number of fused-ring (bicyclic) bond motifs is 1. The lowest BCUT2D eigenvalue weighted by molar-refractivity contribution is 0.0161. The molecule has 1 N–H and O–H groups in total. The van der Waals surface area contributed by atoms with Crippen molar-refractivity contribution in [3.05, 3.63) is 80.1 Å². The van der Waals surface area contributed by atoms with Gasteiger partial charge in [0.2, 0.25) is 0 Å². The second kappa shape index (κ2) is 9.98. The van der Waals surface area contributed by atoms with Crippen molar-refractivity contribution in [3.8, 4) is 0 Å². The molecule has 1 aromatic heterocycles. The molecule has 1 aliphatic heterocycles. The summed E-state index contributed by atoms with van der Waals surface area (Å²) in [5.74, 6) is 0.0756. The molecular weight excluding hydrogens is 472 g/mol. The summed E-state index contributed by atoms with van der Waals surface area (Å²) in [6.45, 7) is 7.68. The molecule has 1 fully saturated rings. The molecule has 0 saturated carbocycles. The van der Waals surface area contributed by atoms with E-state index in [1.54, 1.807) is 18.2 Å². The first-order valence-electron chi connectivity index (χ1n) is 10.9. The minimum Gasteiger partial charge on any atom is -0.451 e. The standard InChI is InChI=1S/C25H27BrN2O4/c1-16(2)17-3-5-18(6-4-17)21(28-9-11-31-12-10-28)15-27-25(30)24-14-22(29)20-13-19(26)7-8-23(20)32-24/h3-8,13-14,16,21H,9-12,15H2,1-2H3,(H,27,30)/t21-/m0/s1. The number of benzene rings is 2. The van der Waals surface area contributed by atoms with E-state index in [1.807, 2.05) is 0 Å². The topological polar surface area (TPSA) is 71.8 Å². The van der Waals surface area contributed by atoms with Gasteiger partial charge in [0.1, 0.15) is 5.58 Å². The molecule has 2 aromatic carbocycles. The van der Waals surface area contributed by atoms with Gasteiger partial charge < -0.3 is 14.5 Å². The van der Waals surface area contributed by atoms with E-state index >= 15 is 0 Å². The van der Waals surface area contributed by atoms with E-state index in [1.165, 1.54) is 11.6 Å². The fourth-order valence-corrected chi connectivity index (χ4v) is 4.33. The summed E-state index contributed by atoms with van der Waals surface area (Å²) in [7, 11) is 0. The van der Waals surface area contributed by atoms with Crippen molar-refractivity contribution in [3.63, 3.8) is 0 Å². The number of carbonyl (C=O) groups excluding carboxylic acids is 1. The zero-order valence-corrected chi connectivity index (χ0v) is 19.9. The summed E-state index contributed by atoms with van der Waals surface area (Å²) >= 11 is 3.35. The number of nitrogens with one attached hydrogen (secondary N) is 1. The summed E-state index contributed by atoms with van der Waals surface area (Å²) in [5, 5.41) is 3.41. The summed E-state index contributed by atoms with van der Waals surface area (Å²) in [6, 6.07) is 15.0. The van der Waals surface area contributed by atoms with E-state index < -0.39 is 5.91 Å². The molecule has 6 nitrogen and oxygen atoms in total. The molecule has 32 heavy (non-hydrogen) atoms. The van der Waals surface area contributed by atoms with Crippen LogP contribution in [0.4, 0.5) is 0 Å². The minimum atomic E-state index is -0.399. The number of rotatable bonds is 6. The van der Waals surface area contributed by atoms with E-state index in [0.29, 0.717) is 36.6 Å². The van der Waals surface area contributed by atoms with Crippen LogP contribution in [0.25, 0.3) is 11.0 Å². The zero-order chi connectivity index (χ0) is 22.7. The van der Waals surface area contributed by atoms with Crippen molar-refractivity contribution in [2.24, 2.45) is 0 Å². The lowest BCUT2D eigenvalue weighted by Gasteiger charge is -2.35. The minimum absolute atomic E-state index is 0.00666. The first-order valence-corrected chi connectivity index (χ1v) is 11.6. The van der Waals surface area contributed by atoms with Crippen molar-refractivity contribution >= 4 is 32.8 Å². The lowest BCUT2D eigenvalue weighted by atomic mass is 9.98. The van der Waals surface area contributed by atoms with Gasteiger partial charge in [-0.05, 0) is 35.2 Å². The van der Waals surface area contributed by atoms with Gasteiger partial charge in [-0.15, -0.1) is 0 Å². The van der Waals surface area contributed by atoms with Gasteiger partial charge in [-0.3, -0.25) is 14.5 Å². The van der Waals surface area contributed by atoms with Crippen LogP contribution in [0.5, 0.6) is 0 Å². The highest BCUT2D eigenvalue weighted by molar-refractivity contribution is 9.10. The van der Waals surface area contributed by atoms with E-state index in [2.05, 4.69) is 64.3 Å². The Morgan fingerprint density at radius 3 is 2.44 bits per heavy atom. The van der Waals surface area contributed by atoms with Crippen LogP contribution in [-0.2, 0) is 4.74 Å². The van der Waals surface area contributed by atoms with Gasteiger partial charge in [0.15, 0.2) is 11.2 Å². The molecule has 0 unspecified atom stereocenters. The average Bonchev–Trinajstić information content (AvgIpc) is 2.80. The van der Waals surface area contributed by atoms with Crippen LogP contribution >= 0.6 is 15.9 Å². The third-order valence-corrected chi connectivity index (χ3v) is 6.34. The monoisotopic (exact) mass is 498 g/mol. The highest BCUT2D eigenvalue weighted by Gasteiger charge is 2.24. The lowest BCUT2D eigenvalue weighted by Crippen LogP contribution is -2.43. The number of morpholine rings is 1. The Morgan fingerprint density at radius 2 is 1.75 bits per heavy atom. The number of halogens is 1. The van der Waals surface area contributed by atoms with Gasteiger partial charge in [-0.2, -0.15) is 0 Å². The first kappa shape index (κ1) is 22.7. The molecule has 4 rings (SSSR count). The molecular formula is C25H27BrN2O4. The summed E-state index contributed by atoms with van der Waals surface area (Å²) in [6.07, 6.45) is 0. The Balaban J connectivity index is 1.54. The van der Waals surface area contributed by atoms with Gasteiger partial charge in [0.25, 0.3) is 5.91 Å². The smallest absolute Gasteiger partial charge is 0.287 e. The molecule has 1 saturated heterocycles. The van der Waals surface area contributed by atoms with Crippen LogP contribution in [0.15, 0.2) is 62.2 Å². The summed E-state index contributed by atoms with van der Waals surface area (Å²) in [5.41, 5.74) is 2.57. The molecule has 2 heterocycles. The molecule has 168 valence electrons. The second-order valence-corrected chi connectivity index (χ2v) is 9.23. The van der Waals surface area contributed by atoms with Crippen molar-refractivity contribution < 1.29 is 13.9 Å². The van der Waals surface area contributed by atoms with Crippen LogP contribution in [0.2, 0.25) is 0 Å². The SMILES string of the molecule is CC(C)c1ccc([C@H](CNC(=O)c2cc(=O)c3cc(Br)ccc3o2)N2CCOCC2)cc1. The molecule has 0 spiro atoms. The number of nitrogens with zero attached hydrogens (tertiary/aromatic N) is 1. The predicted octanol–water partition coefficient (Wildman–Crippen LogP) is 4.48. The Kier molecular flexibility index (Phi) is 7.08. The normalized spacial score (nSPS) is 15.8. The van der Waals surface area contributed by atoms with Crippen LogP contribution in [0, 0.1) is 0 Å². The highest BCUT2D eigenvalue weighted by atomic mass is 79.9. The van der Waals surface area contributed by atoms with Gasteiger partial charge in [0, 0.05) is 30.2 Å². The van der Waals surface area contributed by atoms with Crippen molar-refractivity contribution in [1.82, 2.24) is 10.2 Å². The maximum absolute atomic E-state index is 12.9. The first-order chi connectivity index (χ1) is 15.4. The maximum Gasteiger partial charge on any atom is 0.287 e. The van der Waals surface area contributed by atoms with Crippen molar-refractivity contribution in [2.45, 2.75) is 25.8 Å². The summed E-state index contributed by atoms with van der Waals surface area (Å²) < 4.78 is 12.0. The molecule has 1 amide bonds. The predicted molar refractivity (Wildman–Crippen MR) is 128 cm³/mol. The number of carbonyl (C=O) groups is 1.